The zero-order valence-corrected chi connectivity index (χ0v) is 15.7. The van der Waals surface area contributed by atoms with E-state index in [0.29, 0.717) is 18.7 Å². The Labute approximate surface area is 163 Å². The predicted octanol–water partition coefficient (Wildman–Crippen LogP) is 2.64. The standard InChI is InChI=1S/C21H22N4O3/c1-27-21(26)18-9-7-17(8-10-18)14-25-15-19(22-23-25)20-24(11-12-28-20)13-16-5-3-2-4-6-16/h2-10,15,20H,11-14H2,1H3/t20-/m0/s1. The molecule has 1 fully saturated rings. The topological polar surface area (TPSA) is 69.5 Å². The Morgan fingerprint density at radius 1 is 1.11 bits per heavy atom. The third kappa shape index (κ3) is 4.11. The van der Waals surface area contributed by atoms with E-state index in [1.807, 2.05) is 36.5 Å². The molecule has 7 heteroatoms. The van der Waals surface area contributed by atoms with Gasteiger partial charge in [0.2, 0.25) is 0 Å². The van der Waals surface area contributed by atoms with Gasteiger partial charge in [0, 0.05) is 13.1 Å². The summed E-state index contributed by atoms with van der Waals surface area (Å²) >= 11 is 0. The van der Waals surface area contributed by atoms with Gasteiger partial charge in [-0.15, -0.1) is 5.10 Å². The second kappa shape index (κ2) is 8.33. The van der Waals surface area contributed by atoms with Crippen LogP contribution < -0.4 is 0 Å². The number of aromatic nitrogens is 3. The molecule has 1 aliphatic heterocycles. The maximum absolute atomic E-state index is 11.5. The minimum atomic E-state index is -0.341. The number of methoxy groups -OCH3 is 1. The molecule has 1 aliphatic rings. The van der Waals surface area contributed by atoms with Crippen molar-refractivity contribution >= 4 is 5.97 Å². The van der Waals surface area contributed by atoms with E-state index in [0.717, 1.165) is 24.3 Å². The van der Waals surface area contributed by atoms with Gasteiger partial charge in [0.05, 0.1) is 32.0 Å². The van der Waals surface area contributed by atoms with Crippen molar-refractivity contribution in [3.8, 4) is 0 Å². The zero-order valence-electron chi connectivity index (χ0n) is 15.7. The van der Waals surface area contributed by atoms with Crippen molar-refractivity contribution in [1.29, 1.82) is 0 Å². The number of nitrogens with zero attached hydrogens (tertiary/aromatic N) is 4. The second-order valence-electron chi connectivity index (χ2n) is 6.71. The van der Waals surface area contributed by atoms with Gasteiger partial charge in [-0.05, 0) is 23.3 Å². The van der Waals surface area contributed by atoms with Gasteiger partial charge in [0.15, 0.2) is 6.23 Å². The van der Waals surface area contributed by atoms with Crippen LogP contribution >= 0.6 is 0 Å². The number of hydrogen-bond acceptors (Lipinski definition) is 6. The molecule has 0 N–H and O–H groups in total. The molecule has 144 valence electrons. The minimum absolute atomic E-state index is 0.185. The lowest BCUT2D eigenvalue weighted by Gasteiger charge is -2.20. The van der Waals surface area contributed by atoms with Crippen molar-refractivity contribution in [3.63, 3.8) is 0 Å². The molecule has 2 aromatic carbocycles. The van der Waals surface area contributed by atoms with Gasteiger partial charge in [0.25, 0.3) is 0 Å². The maximum Gasteiger partial charge on any atom is 0.337 e. The first-order valence-corrected chi connectivity index (χ1v) is 9.20. The number of hydrogen-bond donors (Lipinski definition) is 0. The predicted molar refractivity (Wildman–Crippen MR) is 102 cm³/mol. The molecule has 1 saturated heterocycles. The molecule has 0 saturated carbocycles. The molecular formula is C21H22N4O3. The first kappa shape index (κ1) is 18.3. The summed E-state index contributed by atoms with van der Waals surface area (Å²) in [5.41, 5.74) is 3.61. The lowest BCUT2D eigenvalue weighted by Crippen LogP contribution is -2.23. The summed E-state index contributed by atoms with van der Waals surface area (Å²) in [6.45, 7) is 2.92. The number of ether oxygens (including phenoxy) is 2. The highest BCUT2D eigenvalue weighted by molar-refractivity contribution is 5.89. The zero-order chi connectivity index (χ0) is 19.3. The molecule has 4 rings (SSSR count). The molecular weight excluding hydrogens is 356 g/mol. The molecule has 0 bridgehead atoms. The lowest BCUT2D eigenvalue weighted by molar-refractivity contribution is 0.0252. The van der Waals surface area contributed by atoms with Gasteiger partial charge in [0.1, 0.15) is 5.69 Å². The fourth-order valence-corrected chi connectivity index (χ4v) is 3.31. The summed E-state index contributed by atoms with van der Waals surface area (Å²) in [5.74, 6) is -0.341. The Balaban J connectivity index is 1.42. The summed E-state index contributed by atoms with van der Waals surface area (Å²) in [6, 6.07) is 17.6. The third-order valence-electron chi connectivity index (χ3n) is 4.74. The SMILES string of the molecule is COC(=O)c1ccc(Cn2cc([C@@H]3OCCN3Cc3ccccc3)nn2)cc1. The molecule has 7 nitrogen and oxygen atoms in total. The molecule has 28 heavy (non-hydrogen) atoms. The van der Waals surface area contributed by atoms with Crippen LogP contribution in [0.15, 0.2) is 60.8 Å². The Kier molecular flexibility index (Phi) is 5.45. The van der Waals surface area contributed by atoms with E-state index in [9.17, 15) is 4.79 Å². The molecule has 0 radical (unpaired) electrons. The van der Waals surface area contributed by atoms with Crippen molar-refractivity contribution < 1.29 is 14.3 Å². The second-order valence-corrected chi connectivity index (χ2v) is 6.71. The minimum Gasteiger partial charge on any atom is -0.465 e. The van der Waals surface area contributed by atoms with Crippen LogP contribution in [0.1, 0.15) is 33.4 Å². The highest BCUT2D eigenvalue weighted by Gasteiger charge is 2.29. The molecule has 1 atom stereocenters. The Bertz CT molecular complexity index is 924. The van der Waals surface area contributed by atoms with Crippen molar-refractivity contribution in [2.45, 2.75) is 19.3 Å². The quantitative estimate of drug-likeness (QED) is 0.614. The first-order chi connectivity index (χ1) is 13.7. The van der Waals surface area contributed by atoms with Crippen LogP contribution in [-0.2, 0) is 22.6 Å². The number of esters is 1. The fourth-order valence-electron chi connectivity index (χ4n) is 3.31. The van der Waals surface area contributed by atoms with E-state index in [4.69, 9.17) is 9.47 Å². The number of carbonyl (C=O) groups excluding carboxylic acids is 1. The Hall–Kier alpha value is -3.03. The van der Waals surface area contributed by atoms with Crippen molar-refractivity contribution in [3.05, 3.63) is 83.2 Å². The van der Waals surface area contributed by atoms with Gasteiger partial charge >= 0.3 is 5.97 Å². The van der Waals surface area contributed by atoms with E-state index < -0.39 is 0 Å². The molecule has 0 spiro atoms. The third-order valence-corrected chi connectivity index (χ3v) is 4.74. The molecule has 3 aromatic rings. The summed E-state index contributed by atoms with van der Waals surface area (Å²) in [6.07, 6.45) is 1.73. The van der Waals surface area contributed by atoms with Gasteiger partial charge in [-0.1, -0.05) is 47.7 Å². The molecule has 0 aliphatic carbocycles. The van der Waals surface area contributed by atoms with Gasteiger partial charge in [-0.3, -0.25) is 4.90 Å². The van der Waals surface area contributed by atoms with Crippen molar-refractivity contribution in [2.24, 2.45) is 0 Å². The van der Waals surface area contributed by atoms with E-state index in [2.05, 4.69) is 27.3 Å². The van der Waals surface area contributed by atoms with Crippen LogP contribution in [0.5, 0.6) is 0 Å². The van der Waals surface area contributed by atoms with E-state index >= 15 is 0 Å². The van der Waals surface area contributed by atoms with Crippen LogP contribution in [-0.4, -0.2) is 46.1 Å². The number of rotatable bonds is 6. The van der Waals surface area contributed by atoms with E-state index in [-0.39, 0.29) is 12.2 Å². The fraction of sp³-hybridized carbons (Fsp3) is 0.286. The van der Waals surface area contributed by atoms with Crippen LogP contribution in [0.3, 0.4) is 0 Å². The molecule has 2 heterocycles. The van der Waals surface area contributed by atoms with Crippen LogP contribution in [0, 0.1) is 0 Å². The van der Waals surface area contributed by atoms with Crippen LogP contribution in [0.4, 0.5) is 0 Å². The average molecular weight is 378 g/mol. The molecule has 1 aromatic heterocycles. The molecule has 0 amide bonds. The average Bonchev–Trinajstić information content (AvgIpc) is 3.38. The summed E-state index contributed by atoms with van der Waals surface area (Å²) in [7, 11) is 1.37. The smallest absolute Gasteiger partial charge is 0.337 e. The highest BCUT2D eigenvalue weighted by Crippen LogP contribution is 2.27. The highest BCUT2D eigenvalue weighted by atomic mass is 16.5. The van der Waals surface area contributed by atoms with Crippen LogP contribution in [0.2, 0.25) is 0 Å². The maximum atomic E-state index is 11.5. The lowest BCUT2D eigenvalue weighted by atomic mass is 10.1. The number of carbonyl (C=O) groups is 1. The largest absolute Gasteiger partial charge is 0.465 e. The van der Waals surface area contributed by atoms with Crippen molar-refractivity contribution in [1.82, 2.24) is 19.9 Å². The number of benzene rings is 2. The normalized spacial score (nSPS) is 17.0. The van der Waals surface area contributed by atoms with Crippen LogP contribution in [0.25, 0.3) is 0 Å². The van der Waals surface area contributed by atoms with E-state index in [1.165, 1.54) is 12.7 Å². The monoisotopic (exact) mass is 378 g/mol. The molecule has 0 unspecified atom stereocenters. The van der Waals surface area contributed by atoms with Gasteiger partial charge < -0.3 is 9.47 Å². The first-order valence-electron chi connectivity index (χ1n) is 9.20. The Morgan fingerprint density at radius 3 is 2.61 bits per heavy atom. The van der Waals surface area contributed by atoms with Gasteiger partial charge in [-0.25, -0.2) is 9.48 Å². The van der Waals surface area contributed by atoms with Gasteiger partial charge in [-0.2, -0.15) is 0 Å². The Morgan fingerprint density at radius 2 is 1.86 bits per heavy atom. The van der Waals surface area contributed by atoms with E-state index in [1.54, 1.807) is 16.8 Å². The van der Waals surface area contributed by atoms with Crippen molar-refractivity contribution in [2.75, 3.05) is 20.3 Å². The summed E-state index contributed by atoms with van der Waals surface area (Å²) < 4.78 is 12.4. The summed E-state index contributed by atoms with van der Waals surface area (Å²) in [4.78, 5) is 13.8. The summed E-state index contributed by atoms with van der Waals surface area (Å²) in [5, 5.41) is 8.56.